The molecule has 1 saturated carbocycles. The van der Waals surface area contributed by atoms with Crippen molar-refractivity contribution in [3.63, 3.8) is 0 Å². The minimum absolute atomic E-state index is 0.109. The van der Waals surface area contributed by atoms with Gasteiger partial charge in [0.25, 0.3) is 5.69 Å². The van der Waals surface area contributed by atoms with Gasteiger partial charge < -0.3 is 10.5 Å². The fourth-order valence-electron chi connectivity index (χ4n) is 2.07. The largest absolute Gasteiger partial charge is 0.490 e. The van der Waals surface area contributed by atoms with Crippen molar-refractivity contribution in [3.05, 3.63) is 33.9 Å². The molecule has 1 aromatic carbocycles. The number of nitro groups is 1. The third-order valence-corrected chi connectivity index (χ3v) is 3.27. The Morgan fingerprint density at radius 2 is 2.24 bits per heavy atom. The van der Waals surface area contributed by atoms with Crippen molar-refractivity contribution in [1.82, 2.24) is 0 Å². The monoisotopic (exact) mass is 236 g/mol. The summed E-state index contributed by atoms with van der Waals surface area (Å²) >= 11 is 0. The molecule has 0 aromatic heterocycles. The number of benzene rings is 1. The quantitative estimate of drug-likeness (QED) is 0.640. The second kappa shape index (κ2) is 4.71. The molecule has 1 aliphatic carbocycles. The van der Waals surface area contributed by atoms with Gasteiger partial charge in [-0.25, -0.2) is 0 Å². The van der Waals surface area contributed by atoms with Gasteiger partial charge in [0, 0.05) is 6.07 Å². The molecule has 0 atom stereocenters. The Hall–Kier alpha value is -1.62. The number of nitro benzene ring substituents is 1. The van der Waals surface area contributed by atoms with Crippen molar-refractivity contribution < 1.29 is 9.66 Å². The van der Waals surface area contributed by atoms with Gasteiger partial charge in [-0.1, -0.05) is 6.07 Å². The van der Waals surface area contributed by atoms with Crippen LogP contribution in [0.5, 0.6) is 5.75 Å². The number of hydrogen-bond acceptors (Lipinski definition) is 4. The average molecular weight is 236 g/mol. The lowest BCUT2D eigenvalue weighted by Crippen LogP contribution is -2.37. The lowest BCUT2D eigenvalue weighted by Gasteiger charge is -2.34. The third kappa shape index (κ3) is 2.39. The summed E-state index contributed by atoms with van der Waals surface area (Å²) in [7, 11) is 0. The molecule has 0 unspecified atom stereocenters. The van der Waals surface area contributed by atoms with Gasteiger partial charge in [-0.2, -0.15) is 0 Å². The molecule has 0 heterocycles. The van der Waals surface area contributed by atoms with Crippen LogP contribution in [0.2, 0.25) is 0 Å². The number of rotatable bonds is 4. The maximum atomic E-state index is 10.8. The summed E-state index contributed by atoms with van der Waals surface area (Å²) in [5.41, 5.74) is 6.24. The van der Waals surface area contributed by atoms with E-state index in [1.165, 1.54) is 6.07 Å². The van der Waals surface area contributed by atoms with Gasteiger partial charge >= 0.3 is 0 Å². The van der Waals surface area contributed by atoms with Crippen molar-refractivity contribution in [3.8, 4) is 5.75 Å². The molecule has 1 aliphatic rings. The van der Waals surface area contributed by atoms with E-state index in [0.717, 1.165) is 12.8 Å². The van der Waals surface area contributed by atoms with E-state index in [4.69, 9.17) is 10.5 Å². The zero-order valence-electron chi connectivity index (χ0n) is 9.76. The zero-order valence-corrected chi connectivity index (χ0v) is 9.76. The lowest BCUT2D eigenvalue weighted by atomic mass is 9.82. The molecule has 0 saturated heterocycles. The first kappa shape index (κ1) is 11.9. The van der Waals surface area contributed by atoms with Crippen LogP contribution in [0.3, 0.4) is 0 Å². The molecule has 17 heavy (non-hydrogen) atoms. The van der Waals surface area contributed by atoms with E-state index < -0.39 is 0 Å². The van der Waals surface area contributed by atoms with Crippen molar-refractivity contribution in [1.29, 1.82) is 0 Å². The van der Waals surface area contributed by atoms with Crippen molar-refractivity contribution in [2.24, 2.45) is 11.7 Å². The highest BCUT2D eigenvalue weighted by atomic mass is 16.6. The van der Waals surface area contributed by atoms with Gasteiger partial charge in [0.1, 0.15) is 5.75 Å². The molecule has 2 N–H and O–H groups in total. The van der Waals surface area contributed by atoms with Crippen molar-refractivity contribution in [2.75, 3.05) is 6.54 Å². The number of nitrogens with two attached hydrogens (primary N) is 1. The molecule has 1 aromatic rings. The van der Waals surface area contributed by atoms with Gasteiger partial charge in [-0.15, -0.1) is 0 Å². The summed E-state index contributed by atoms with van der Waals surface area (Å²) in [6, 6.07) is 4.92. The fraction of sp³-hybridized carbons (Fsp3) is 0.500. The molecule has 0 bridgehead atoms. The molecule has 0 aliphatic heterocycles. The van der Waals surface area contributed by atoms with E-state index in [9.17, 15) is 10.1 Å². The van der Waals surface area contributed by atoms with Crippen LogP contribution in [0.1, 0.15) is 18.4 Å². The summed E-state index contributed by atoms with van der Waals surface area (Å²) in [6.07, 6.45) is 2.04. The van der Waals surface area contributed by atoms with Crippen LogP contribution in [0.25, 0.3) is 0 Å². The van der Waals surface area contributed by atoms with E-state index in [2.05, 4.69) is 0 Å². The van der Waals surface area contributed by atoms with E-state index in [-0.39, 0.29) is 16.7 Å². The van der Waals surface area contributed by atoms with Crippen LogP contribution in [0.4, 0.5) is 5.69 Å². The van der Waals surface area contributed by atoms with Gasteiger partial charge in [0.15, 0.2) is 0 Å². The first-order valence-corrected chi connectivity index (χ1v) is 5.72. The van der Waals surface area contributed by atoms with Gasteiger partial charge in [-0.3, -0.25) is 10.1 Å². The zero-order chi connectivity index (χ0) is 12.4. The number of hydrogen-bond donors (Lipinski definition) is 1. The molecule has 5 nitrogen and oxygen atoms in total. The molecule has 0 radical (unpaired) electrons. The van der Waals surface area contributed by atoms with E-state index in [0.29, 0.717) is 23.8 Å². The molecular weight excluding hydrogens is 220 g/mol. The lowest BCUT2D eigenvalue weighted by molar-refractivity contribution is -0.385. The highest BCUT2D eigenvalue weighted by molar-refractivity contribution is 5.48. The first-order chi connectivity index (χ1) is 8.11. The van der Waals surface area contributed by atoms with Gasteiger partial charge in [-0.05, 0) is 38.3 Å². The summed E-state index contributed by atoms with van der Waals surface area (Å²) in [4.78, 5) is 10.4. The summed E-state index contributed by atoms with van der Waals surface area (Å²) in [6.45, 7) is 2.40. The maximum Gasteiger partial charge on any atom is 0.276 e. The normalized spacial score (nSPS) is 22.9. The second-order valence-corrected chi connectivity index (χ2v) is 4.47. The van der Waals surface area contributed by atoms with Crippen molar-refractivity contribution >= 4 is 5.69 Å². The maximum absolute atomic E-state index is 10.8. The summed E-state index contributed by atoms with van der Waals surface area (Å²) in [5.74, 6) is 1.15. The highest BCUT2D eigenvalue weighted by Gasteiger charge is 2.30. The first-order valence-electron chi connectivity index (χ1n) is 5.72. The molecule has 5 heteroatoms. The predicted molar refractivity (Wildman–Crippen MR) is 64.0 cm³/mol. The van der Waals surface area contributed by atoms with Crippen LogP contribution in [0, 0.1) is 23.0 Å². The Bertz CT molecular complexity index is 428. The molecule has 1 fully saturated rings. The average Bonchev–Trinajstić information content (AvgIpc) is 2.24. The number of nitrogens with zero attached hydrogens (tertiary/aromatic N) is 1. The predicted octanol–water partition coefficient (Wildman–Crippen LogP) is 2.02. The smallest absolute Gasteiger partial charge is 0.276 e. The number of ether oxygens (including phenoxy) is 1. The molecule has 0 spiro atoms. The Morgan fingerprint density at radius 1 is 1.53 bits per heavy atom. The molecule has 2 rings (SSSR count). The van der Waals surface area contributed by atoms with Crippen LogP contribution in [-0.4, -0.2) is 17.6 Å². The van der Waals surface area contributed by atoms with Crippen molar-refractivity contribution in [2.45, 2.75) is 25.9 Å². The van der Waals surface area contributed by atoms with E-state index >= 15 is 0 Å². The fourth-order valence-corrected chi connectivity index (χ4v) is 2.07. The van der Waals surface area contributed by atoms with E-state index in [1.54, 1.807) is 19.1 Å². The van der Waals surface area contributed by atoms with Crippen LogP contribution in [0.15, 0.2) is 18.2 Å². The molecule has 0 amide bonds. The van der Waals surface area contributed by atoms with Crippen LogP contribution >= 0.6 is 0 Å². The minimum Gasteiger partial charge on any atom is -0.490 e. The van der Waals surface area contributed by atoms with Gasteiger partial charge in [0.05, 0.1) is 16.6 Å². The Kier molecular flexibility index (Phi) is 3.28. The highest BCUT2D eigenvalue weighted by Crippen LogP contribution is 2.34. The van der Waals surface area contributed by atoms with Crippen LogP contribution < -0.4 is 10.5 Å². The minimum atomic E-state index is -0.383. The Balaban J connectivity index is 2.07. The third-order valence-electron chi connectivity index (χ3n) is 3.27. The standard InChI is InChI=1S/C12H16N2O3/c1-8-11(14(15)16)3-2-4-12(8)17-10-5-9(6-10)7-13/h2-4,9-10H,5-7,13H2,1H3. The van der Waals surface area contributed by atoms with Crippen LogP contribution in [-0.2, 0) is 0 Å². The molecule has 92 valence electrons. The summed E-state index contributed by atoms with van der Waals surface area (Å²) < 4.78 is 5.74. The second-order valence-electron chi connectivity index (χ2n) is 4.47. The van der Waals surface area contributed by atoms with E-state index in [1.807, 2.05) is 0 Å². The summed E-state index contributed by atoms with van der Waals surface area (Å²) in [5, 5.41) is 10.8. The SMILES string of the molecule is Cc1c(OC2CC(CN)C2)cccc1[N+](=O)[O-]. The Morgan fingerprint density at radius 3 is 2.82 bits per heavy atom. The van der Waals surface area contributed by atoms with Gasteiger partial charge in [0.2, 0.25) is 0 Å². The topological polar surface area (TPSA) is 78.4 Å². The molecular formula is C12H16N2O3. The Labute approximate surface area is 99.7 Å².